The summed E-state index contributed by atoms with van der Waals surface area (Å²) < 4.78 is 39.8. The fourth-order valence-electron chi connectivity index (χ4n) is 4.93. The lowest BCUT2D eigenvalue weighted by Gasteiger charge is -2.35. The molecule has 180 valence electrons. The summed E-state index contributed by atoms with van der Waals surface area (Å²) in [6.07, 6.45) is -3.45. The maximum Gasteiger partial charge on any atom is 0.416 e. The van der Waals surface area contributed by atoms with Gasteiger partial charge in [0.05, 0.1) is 23.0 Å². The molecule has 1 N–H and O–H groups in total. The van der Waals surface area contributed by atoms with Gasteiger partial charge in [0.1, 0.15) is 0 Å². The summed E-state index contributed by atoms with van der Waals surface area (Å²) in [6.45, 7) is 1.73. The minimum absolute atomic E-state index is 0.00240. The Morgan fingerprint density at radius 1 is 1.06 bits per heavy atom. The minimum Gasteiger partial charge on any atom is -0.357 e. The molecule has 0 spiro atoms. The number of alkyl halides is 3. The first kappa shape index (κ1) is 23.4. The van der Waals surface area contributed by atoms with Crippen LogP contribution in [0.2, 0.25) is 0 Å². The van der Waals surface area contributed by atoms with E-state index >= 15 is 0 Å². The van der Waals surface area contributed by atoms with E-state index in [1.807, 2.05) is 29.6 Å². The fraction of sp³-hybridized carbons (Fsp3) is 0.259. The second-order valence-corrected chi connectivity index (χ2v) is 9.70. The number of fused-ring (bicyclic) bond motifs is 1. The molecule has 3 aromatic rings. The molecule has 0 radical (unpaired) electrons. The Kier molecular flexibility index (Phi) is 6.01. The highest BCUT2D eigenvalue weighted by Gasteiger charge is 2.41. The number of amides is 1. The summed E-state index contributed by atoms with van der Waals surface area (Å²) in [5.41, 5.74) is 2.13. The molecule has 2 aromatic carbocycles. The van der Waals surface area contributed by atoms with Crippen LogP contribution in [0.3, 0.4) is 0 Å². The Bertz CT molecular complexity index is 1300. The molecule has 1 aromatic heterocycles. The number of nitrogens with one attached hydrogen (secondary N) is 1. The van der Waals surface area contributed by atoms with Gasteiger partial charge in [-0.25, -0.2) is 0 Å². The molecule has 1 aliphatic heterocycles. The van der Waals surface area contributed by atoms with E-state index in [9.17, 15) is 22.8 Å². The molecular weight excluding hydrogens is 473 g/mol. The second kappa shape index (κ2) is 9.00. The lowest BCUT2D eigenvalue weighted by Crippen LogP contribution is -2.38. The standard InChI is InChI=1S/C27H23F3N2O2S/c1-2-24(34)32-21-7-4-3-6-19(21)31-20-14-17(23-8-5-13-35-23)15-22(33)25(20)26(32)16-9-11-18(12-10-16)27(28,29)30/h3-13,17,26,31H,2,14-15H2,1H3/t17-,26+/m0/s1. The van der Waals surface area contributed by atoms with Crippen LogP contribution in [0.5, 0.6) is 0 Å². The molecule has 8 heteroatoms. The highest BCUT2D eigenvalue weighted by Crippen LogP contribution is 2.48. The van der Waals surface area contributed by atoms with Gasteiger partial charge >= 0.3 is 6.18 Å². The molecule has 2 aliphatic rings. The number of anilines is 2. The first-order chi connectivity index (χ1) is 16.8. The lowest BCUT2D eigenvalue weighted by molar-refractivity contribution is -0.137. The van der Waals surface area contributed by atoms with Crippen molar-refractivity contribution < 1.29 is 22.8 Å². The van der Waals surface area contributed by atoms with E-state index in [1.165, 1.54) is 12.1 Å². The summed E-state index contributed by atoms with van der Waals surface area (Å²) in [6, 6.07) is 15.2. The SMILES string of the molecule is CCC(=O)N1c2ccccc2NC2=C(C(=O)C[C@@H](c3cccs3)C2)[C@H]1c1ccc(C(F)(F)F)cc1. The Hall–Kier alpha value is -3.39. The first-order valence-corrected chi connectivity index (χ1v) is 12.3. The van der Waals surface area contributed by atoms with Gasteiger partial charge in [-0.2, -0.15) is 13.2 Å². The van der Waals surface area contributed by atoms with E-state index in [2.05, 4.69) is 5.32 Å². The van der Waals surface area contributed by atoms with Gasteiger partial charge in [0.15, 0.2) is 5.78 Å². The molecule has 0 saturated carbocycles. The molecule has 35 heavy (non-hydrogen) atoms. The van der Waals surface area contributed by atoms with Crippen LogP contribution >= 0.6 is 11.3 Å². The largest absolute Gasteiger partial charge is 0.416 e. The summed E-state index contributed by atoms with van der Waals surface area (Å²) in [5.74, 6) is -0.322. The number of rotatable bonds is 3. The van der Waals surface area contributed by atoms with Gasteiger partial charge in [-0.05, 0) is 47.7 Å². The summed E-state index contributed by atoms with van der Waals surface area (Å²) in [7, 11) is 0. The zero-order valence-corrected chi connectivity index (χ0v) is 19.7. The predicted molar refractivity (Wildman–Crippen MR) is 130 cm³/mol. The van der Waals surface area contributed by atoms with Crippen molar-refractivity contribution in [2.45, 2.75) is 44.3 Å². The van der Waals surface area contributed by atoms with Crippen molar-refractivity contribution in [3.05, 3.63) is 93.3 Å². The van der Waals surface area contributed by atoms with E-state index < -0.39 is 17.8 Å². The van der Waals surface area contributed by atoms with Gasteiger partial charge in [0.2, 0.25) is 5.91 Å². The number of ketones is 1. The molecule has 2 atom stereocenters. The number of para-hydroxylation sites is 2. The van der Waals surface area contributed by atoms with Gasteiger partial charge < -0.3 is 5.32 Å². The fourth-order valence-corrected chi connectivity index (χ4v) is 5.76. The number of thiophene rings is 1. The summed E-state index contributed by atoms with van der Waals surface area (Å²) >= 11 is 1.60. The molecule has 2 heterocycles. The molecule has 1 aliphatic carbocycles. The summed E-state index contributed by atoms with van der Waals surface area (Å²) in [5, 5.41) is 5.40. The molecule has 0 unspecified atom stereocenters. The van der Waals surface area contributed by atoms with Gasteiger partial charge in [0.25, 0.3) is 0 Å². The predicted octanol–water partition coefficient (Wildman–Crippen LogP) is 7.08. The third kappa shape index (κ3) is 4.27. The van der Waals surface area contributed by atoms with Gasteiger partial charge in [0, 0.05) is 34.9 Å². The van der Waals surface area contributed by atoms with Crippen molar-refractivity contribution in [2.24, 2.45) is 0 Å². The monoisotopic (exact) mass is 496 g/mol. The van der Waals surface area contributed by atoms with E-state index in [4.69, 9.17) is 0 Å². The third-order valence-corrected chi connectivity index (χ3v) is 7.59. The molecular formula is C27H23F3N2O2S. The average molecular weight is 497 g/mol. The second-order valence-electron chi connectivity index (χ2n) is 8.72. The number of Topliss-reactive ketones (excluding diaryl/α,β-unsaturated/α-hetero) is 1. The van der Waals surface area contributed by atoms with E-state index in [0.717, 1.165) is 17.0 Å². The zero-order valence-electron chi connectivity index (χ0n) is 18.9. The molecule has 4 nitrogen and oxygen atoms in total. The van der Waals surface area contributed by atoms with Crippen LogP contribution in [0.1, 0.15) is 54.1 Å². The van der Waals surface area contributed by atoms with Crippen molar-refractivity contribution in [1.29, 1.82) is 0 Å². The van der Waals surface area contributed by atoms with Crippen LogP contribution < -0.4 is 10.2 Å². The number of hydrogen-bond donors (Lipinski definition) is 1. The van der Waals surface area contributed by atoms with Crippen molar-refractivity contribution in [1.82, 2.24) is 0 Å². The van der Waals surface area contributed by atoms with Crippen LogP contribution in [0, 0.1) is 0 Å². The quantitative estimate of drug-likeness (QED) is 0.422. The number of benzene rings is 2. The third-order valence-electron chi connectivity index (χ3n) is 6.56. The van der Waals surface area contributed by atoms with Crippen LogP contribution in [0.4, 0.5) is 24.5 Å². The normalized spacial score (nSPS) is 20.1. The van der Waals surface area contributed by atoms with Gasteiger partial charge in [-0.15, -0.1) is 11.3 Å². The number of halogens is 3. The zero-order chi connectivity index (χ0) is 24.7. The van der Waals surface area contributed by atoms with Crippen molar-refractivity contribution in [2.75, 3.05) is 10.2 Å². The Balaban J connectivity index is 1.70. The highest BCUT2D eigenvalue weighted by atomic mass is 32.1. The number of hydrogen-bond acceptors (Lipinski definition) is 4. The maximum atomic E-state index is 13.7. The van der Waals surface area contributed by atoms with Gasteiger partial charge in [-0.1, -0.05) is 37.3 Å². The number of carbonyl (C=O) groups excluding carboxylic acids is 2. The number of carbonyl (C=O) groups is 2. The topological polar surface area (TPSA) is 49.4 Å². The number of allylic oxidation sites excluding steroid dienone is 1. The van der Waals surface area contributed by atoms with E-state index in [0.29, 0.717) is 34.6 Å². The summed E-state index contributed by atoms with van der Waals surface area (Å²) in [4.78, 5) is 29.7. The minimum atomic E-state index is -4.48. The molecule has 1 amide bonds. The Labute approximate surface area is 205 Å². The molecule has 0 bridgehead atoms. The molecule has 0 saturated heterocycles. The van der Waals surface area contributed by atoms with Crippen LogP contribution in [0.25, 0.3) is 0 Å². The maximum absolute atomic E-state index is 13.7. The first-order valence-electron chi connectivity index (χ1n) is 11.4. The Morgan fingerprint density at radius 3 is 2.46 bits per heavy atom. The van der Waals surface area contributed by atoms with Crippen molar-refractivity contribution in [3.8, 4) is 0 Å². The lowest BCUT2D eigenvalue weighted by atomic mass is 9.80. The smallest absolute Gasteiger partial charge is 0.357 e. The molecule has 0 fully saturated rings. The van der Waals surface area contributed by atoms with Crippen molar-refractivity contribution in [3.63, 3.8) is 0 Å². The van der Waals surface area contributed by atoms with Crippen LogP contribution in [0.15, 0.2) is 77.3 Å². The van der Waals surface area contributed by atoms with Crippen molar-refractivity contribution >= 4 is 34.4 Å². The van der Waals surface area contributed by atoms with E-state index in [1.54, 1.807) is 35.3 Å². The van der Waals surface area contributed by atoms with Crippen LogP contribution in [-0.2, 0) is 15.8 Å². The van der Waals surface area contributed by atoms with Crippen LogP contribution in [-0.4, -0.2) is 11.7 Å². The Morgan fingerprint density at radius 2 is 1.80 bits per heavy atom. The van der Waals surface area contributed by atoms with Gasteiger partial charge in [-0.3, -0.25) is 14.5 Å². The average Bonchev–Trinajstić information content (AvgIpc) is 3.33. The highest BCUT2D eigenvalue weighted by molar-refractivity contribution is 7.10. The molecule has 5 rings (SSSR count). The number of nitrogens with zero attached hydrogens (tertiary/aromatic N) is 1. The van der Waals surface area contributed by atoms with E-state index in [-0.39, 0.29) is 30.4 Å².